The van der Waals surface area contributed by atoms with E-state index in [0.717, 1.165) is 24.5 Å². The number of halogens is 3. The smallest absolute Gasteiger partial charge is 0.158 e. The third-order valence-corrected chi connectivity index (χ3v) is 3.68. The molecule has 0 amide bonds. The number of hydrogen-bond acceptors (Lipinski definition) is 5. The van der Waals surface area contributed by atoms with Crippen LogP contribution in [-0.4, -0.2) is 34.8 Å². The molecule has 0 atom stereocenters. The number of nitrogen functional groups attached to an aromatic ring is 1. The highest BCUT2D eigenvalue weighted by Gasteiger charge is 2.08. The van der Waals surface area contributed by atoms with Crippen LogP contribution in [0.4, 0.5) is 22.9 Å². The lowest BCUT2D eigenvalue weighted by Gasteiger charge is -2.23. The van der Waals surface area contributed by atoms with Gasteiger partial charge in [-0.3, -0.25) is 0 Å². The van der Waals surface area contributed by atoms with Gasteiger partial charge in [-0.1, -0.05) is 11.6 Å². The van der Waals surface area contributed by atoms with Gasteiger partial charge in [0.05, 0.1) is 0 Å². The number of anilines is 4. The number of hydrogen-bond donors (Lipinski definition) is 2. The van der Waals surface area contributed by atoms with E-state index >= 15 is 0 Å². The third kappa shape index (κ3) is 4.29. The number of nitrogens with two attached hydrogens (primary N) is 1. The second-order valence-electron chi connectivity index (χ2n) is 4.46. The topological polar surface area (TPSA) is 67.1 Å². The van der Waals surface area contributed by atoms with Crippen molar-refractivity contribution in [1.82, 2.24) is 9.97 Å². The first kappa shape index (κ1) is 16.9. The van der Waals surface area contributed by atoms with Gasteiger partial charge in [0.25, 0.3) is 0 Å². The van der Waals surface area contributed by atoms with Gasteiger partial charge < -0.3 is 16.0 Å². The lowest BCUT2D eigenvalue weighted by atomic mass is 10.2. The summed E-state index contributed by atoms with van der Waals surface area (Å²) in [6.45, 7) is 1.49. The van der Waals surface area contributed by atoms with Gasteiger partial charge in [0, 0.05) is 36.2 Å². The number of benzene rings is 1. The Balaban J connectivity index is 2.13. The van der Waals surface area contributed by atoms with Crippen LogP contribution in [0.3, 0.4) is 0 Å². The molecule has 0 saturated carbocycles. The molecule has 0 radical (unpaired) electrons. The van der Waals surface area contributed by atoms with E-state index in [4.69, 9.17) is 40.5 Å². The summed E-state index contributed by atoms with van der Waals surface area (Å²) in [6.07, 6.45) is 1.36. The van der Waals surface area contributed by atoms with Crippen molar-refractivity contribution in [3.8, 4) is 0 Å². The first-order valence-corrected chi connectivity index (χ1v) is 8.10. The standard InChI is InChI=1S/C14H16Cl3N5/c15-5-7-22(8-6-16)11-3-1-10(2-4-11)21-14-12(18)13(17)19-9-20-14/h1-4,9H,5-8,18H2,(H,19,20,21). The zero-order valence-corrected chi connectivity index (χ0v) is 14.0. The largest absolute Gasteiger partial charge is 0.393 e. The monoisotopic (exact) mass is 359 g/mol. The predicted molar refractivity (Wildman–Crippen MR) is 94.8 cm³/mol. The Morgan fingerprint density at radius 3 is 2.27 bits per heavy atom. The van der Waals surface area contributed by atoms with Gasteiger partial charge in [-0.25, -0.2) is 9.97 Å². The molecule has 22 heavy (non-hydrogen) atoms. The van der Waals surface area contributed by atoms with Crippen LogP contribution in [0.15, 0.2) is 30.6 Å². The van der Waals surface area contributed by atoms with Crippen LogP contribution in [0.2, 0.25) is 5.15 Å². The normalized spacial score (nSPS) is 10.5. The molecule has 0 unspecified atom stereocenters. The van der Waals surface area contributed by atoms with Crippen molar-refractivity contribution in [3.05, 3.63) is 35.7 Å². The lowest BCUT2D eigenvalue weighted by Crippen LogP contribution is -2.27. The van der Waals surface area contributed by atoms with Gasteiger partial charge in [-0.15, -0.1) is 23.2 Å². The second-order valence-corrected chi connectivity index (χ2v) is 5.58. The molecule has 1 aromatic carbocycles. The molecule has 1 heterocycles. The van der Waals surface area contributed by atoms with E-state index in [-0.39, 0.29) is 5.15 Å². The highest BCUT2D eigenvalue weighted by Crippen LogP contribution is 2.26. The Bertz CT molecular complexity index is 600. The molecule has 1 aromatic heterocycles. The number of aromatic nitrogens is 2. The molecule has 8 heteroatoms. The van der Waals surface area contributed by atoms with E-state index in [9.17, 15) is 0 Å². The van der Waals surface area contributed by atoms with E-state index in [1.54, 1.807) is 0 Å². The fraction of sp³-hybridized carbons (Fsp3) is 0.286. The Morgan fingerprint density at radius 1 is 1.05 bits per heavy atom. The molecular formula is C14H16Cl3N5. The molecule has 0 aliphatic rings. The summed E-state index contributed by atoms with van der Waals surface area (Å²) < 4.78 is 0. The quantitative estimate of drug-likeness (QED) is 0.581. The second kappa shape index (κ2) is 8.27. The fourth-order valence-corrected chi connectivity index (χ4v) is 2.48. The summed E-state index contributed by atoms with van der Waals surface area (Å²) in [5.41, 5.74) is 8.05. The van der Waals surface area contributed by atoms with E-state index in [1.807, 2.05) is 24.3 Å². The van der Waals surface area contributed by atoms with Gasteiger partial charge in [-0.05, 0) is 24.3 Å². The average Bonchev–Trinajstić information content (AvgIpc) is 2.52. The van der Waals surface area contributed by atoms with E-state index in [2.05, 4.69) is 20.2 Å². The van der Waals surface area contributed by atoms with E-state index in [1.165, 1.54) is 6.33 Å². The Labute approximate surface area is 144 Å². The maximum Gasteiger partial charge on any atom is 0.158 e. The van der Waals surface area contributed by atoms with Gasteiger partial charge >= 0.3 is 0 Å². The molecule has 0 saturated heterocycles. The number of nitrogens with zero attached hydrogens (tertiary/aromatic N) is 3. The van der Waals surface area contributed by atoms with Gasteiger partial charge in [0.1, 0.15) is 12.0 Å². The fourth-order valence-electron chi connectivity index (χ4n) is 1.94. The molecule has 2 rings (SSSR count). The minimum atomic E-state index is 0.226. The van der Waals surface area contributed by atoms with Crippen LogP contribution in [0.25, 0.3) is 0 Å². The summed E-state index contributed by atoms with van der Waals surface area (Å²) >= 11 is 17.5. The van der Waals surface area contributed by atoms with Crippen LogP contribution in [-0.2, 0) is 0 Å². The molecule has 0 aliphatic heterocycles. The summed E-state index contributed by atoms with van der Waals surface area (Å²) in [7, 11) is 0. The summed E-state index contributed by atoms with van der Waals surface area (Å²) in [4.78, 5) is 10.0. The van der Waals surface area contributed by atoms with E-state index < -0.39 is 0 Å². The third-order valence-electron chi connectivity index (χ3n) is 3.04. The van der Waals surface area contributed by atoms with Gasteiger partial charge in [0.2, 0.25) is 0 Å². The maximum atomic E-state index is 5.87. The average molecular weight is 361 g/mol. The Hall–Kier alpha value is -1.43. The molecular weight excluding hydrogens is 345 g/mol. The minimum absolute atomic E-state index is 0.226. The Morgan fingerprint density at radius 2 is 1.68 bits per heavy atom. The first-order valence-electron chi connectivity index (χ1n) is 6.65. The number of alkyl halides is 2. The van der Waals surface area contributed by atoms with Crippen molar-refractivity contribution in [1.29, 1.82) is 0 Å². The van der Waals surface area contributed by atoms with Crippen LogP contribution in [0.5, 0.6) is 0 Å². The summed E-state index contributed by atoms with van der Waals surface area (Å²) in [6, 6.07) is 7.83. The SMILES string of the molecule is Nc1c(Cl)ncnc1Nc1ccc(N(CCCl)CCCl)cc1. The number of rotatable bonds is 7. The summed E-state index contributed by atoms with van der Waals surface area (Å²) in [5.74, 6) is 1.57. The van der Waals surface area contributed by atoms with Crippen molar-refractivity contribution >= 4 is 57.7 Å². The molecule has 0 aliphatic carbocycles. The van der Waals surface area contributed by atoms with Crippen LogP contribution in [0, 0.1) is 0 Å². The zero-order chi connectivity index (χ0) is 15.9. The molecule has 0 spiro atoms. The predicted octanol–water partition coefficient (Wildman–Crippen LogP) is 3.74. The molecule has 118 valence electrons. The highest BCUT2D eigenvalue weighted by molar-refractivity contribution is 6.32. The molecule has 2 aromatic rings. The van der Waals surface area contributed by atoms with Crippen LogP contribution >= 0.6 is 34.8 Å². The van der Waals surface area contributed by atoms with Gasteiger partial charge in [0.15, 0.2) is 11.0 Å². The molecule has 0 fully saturated rings. The Kier molecular flexibility index (Phi) is 6.36. The van der Waals surface area contributed by atoms with Crippen molar-refractivity contribution in [3.63, 3.8) is 0 Å². The molecule has 0 bridgehead atoms. The summed E-state index contributed by atoms with van der Waals surface area (Å²) in [5, 5.41) is 3.34. The van der Waals surface area contributed by atoms with Crippen molar-refractivity contribution < 1.29 is 0 Å². The zero-order valence-electron chi connectivity index (χ0n) is 11.8. The van der Waals surface area contributed by atoms with E-state index in [0.29, 0.717) is 23.3 Å². The van der Waals surface area contributed by atoms with Crippen molar-refractivity contribution in [2.45, 2.75) is 0 Å². The van der Waals surface area contributed by atoms with Crippen molar-refractivity contribution in [2.75, 3.05) is 40.8 Å². The first-order chi connectivity index (χ1) is 10.7. The van der Waals surface area contributed by atoms with Crippen LogP contribution < -0.4 is 16.0 Å². The van der Waals surface area contributed by atoms with Crippen LogP contribution in [0.1, 0.15) is 0 Å². The molecule has 3 N–H and O–H groups in total. The van der Waals surface area contributed by atoms with Gasteiger partial charge in [-0.2, -0.15) is 0 Å². The molecule has 5 nitrogen and oxygen atoms in total. The lowest BCUT2D eigenvalue weighted by molar-refractivity contribution is 0.874. The van der Waals surface area contributed by atoms with Crippen molar-refractivity contribution in [2.24, 2.45) is 0 Å². The number of nitrogens with one attached hydrogen (secondary N) is 1. The maximum absolute atomic E-state index is 5.87. The minimum Gasteiger partial charge on any atom is -0.393 e. The highest BCUT2D eigenvalue weighted by atomic mass is 35.5.